The van der Waals surface area contributed by atoms with Gasteiger partial charge in [0.15, 0.2) is 5.82 Å². The fourth-order valence-corrected chi connectivity index (χ4v) is 3.79. The van der Waals surface area contributed by atoms with Crippen LogP contribution in [-0.2, 0) is 0 Å². The Balaban J connectivity index is 1.35. The topological polar surface area (TPSA) is 75.3 Å². The van der Waals surface area contributed by atoms with Crippen LogP contribution in [0.1, 0.15) is 37.3 Å². The van der Waals surface area contributed by atoms with Gasteiger partial charge in [0.2, 0.25) is 5.65 Å². The molecule has 1 aliphatic heterocycles. The number of aromatic nitrogens is 6. The maximum atomic E-state index is 4.56. The number of rotatable bonds is 3. The van der Waals surface area contributed by atoms with E-state index in [0.29, 0.717) is 5.92 Å². The minimum atomic E-state index is 0.634. The van der Waals surface area contributed by atoms with Gasteiger partial charge in [0, 0.05) is 56.3 Å². The summed E-state index contributed by atoms with van der Waals surface area (Å²) in [6.45, 7) is 3.75. The Hall–Kier alpha value is -2.77. The first kappa shape index (κ1) is 15.5. The molecule has 4 heterocycles. The van der Waals surface area contributed by atoms with Crippen LogP contribution >= 0.6 is 0 Å². The third kappa shape index (κ3) is 2.75. The molecular formula is C18H22N8. The molecule has 134 valence electrons. The lowest BCUT2D eigenvalue weighted by Crippen LogP contribution is -2.32. The van der Waals surface area contributed by atoms with Crippen LogP contribution in [0.15, 0.2) is 31.1 Å². The van der Waals surface area contributed by atoms with Crippen molar-refractivity contribution in [3.8, 4) is 0 Å². The fourth-order valence-electron chi connectivity index (χ4n) is 3.79. The van der Waals surface area contributed by atoms with Crippen molar-refractivity contribution in [2.75, 3.05) is 36.0 Å². The van der Waals surface area contributed by atoms with Crippen LogP contribution in [0, 0.1) is 0 Å². The third-order valence-corrected chi connectivity index (χ3v) is 5.51. The summed E-state index contributed by atoms with van der Waals surface area (Å²) in [5.74, 6) is 2.59. The zero-order valence-electron chi connectivity index (χ0n) is 14.7. The van der Waals surface area contributed by atoms with Crippen molar-refractivity contribution in [1.29, 1.82) is 0 Å². The van der Waals surface area contributed by atoms with Gasteiger partial charge in [-0.05, 0) is 19.3 Å². The van der Waals surface area contributed by atoms with Crippen LogP contribution in [0.5, 0.6) is 0 Å². The summed E-state index contributed by atoms with van der Waals surface area (Å²) in [4.78, 5) is 18.3. The maximum Gasteiger partial charge on any atom is 0.203 e. The SMILES string of the molecule is c1nc(C2CCC2)cc(N2CCCN(c3nccn4cnnc34)CC2)n1. The molecule has 0 aromatic carbocycles. The Morgan fingerprint density at radius 1 is 0.923 bits per heavy atom. The molecule has 1 aliphatic carbocycles. The van der Waals surface area contributed by atoms with Crippen LogP contribution in [0.2, 0.25) is 0 Å². The van der Waals surface area contributed by atoms with E-state index in [1.165, 1.54) is 25.0 Å². The Labute approximate surface area is 151 Å². The van der Waals surface area contributed by atoms with Gasteiger partial charge in [-0.15, -0.1) is 10.2 Å². The molecule has 0 spiro atoms. The molecule has 0 amide bonds. The van der Waals surface area contributed by atoms with E-state index < -0.39 is 0 Å². The summed E-state index contributed by atoms with van der Waals surface area (Å²) in [6.07, 6.45) is 12.0. The Kier molecular flexibility index (Phi) is 3.88. The molecule has 2 aliphatic rings. The second kappa shape index (κ2) is 6.51. The van der Waals surface area contributed by atoms with Crippen molar-refractivity contribution < 1.29 is 0 Å². The fraction of sp³-hybridized carbons (Fsp3) is 0.500. The first-order valence-corrected chi connectivity index (χ1v) is 9.35. The molecule has 1 saturated carbocycles. The molecule has 26 heavy (non-hydrogen) atoms. The molecule has 1 saturated heterocycles. The zero-order valence-corrected chi connectivity index (χ0v) is 14.7. The molecule has 0 radical (unpaired) electrons. The van der Waals surface area contributed by atoms with Crippen LogP contribution in [0.3, 0.4) is 0 Å². The first-order valence-electron chi connectivity index (χ1n) is 9.35. The van der Waals surface area contributed by atoms with Crippen molar-refractivity contribution >= 4 is 17.3 Å². The molecule has 3 aromatic heterocycles. The normalized spacial score (nSPS) is 18.8. The van der Waals surface area contributed by atoms with Gasteiger partial charge in [0.25, 0.3) is 0 Å². The van der Waals surface area contributed by atoms with Crippen LogP contribution in [0.25, 0.3) is 5.65 Å². The van der Waals surface area contributed by atoms with Crippen LogP contribution in [0.4, 0.5) is 11.6 Å². The van der Waals surface area contributed by atoms with Gasteiger partial charge in [-0.3, -0.25) is 4.40 Å². The first-order chi connectivity index (χ1) is 12.9. The summed E-state index contributed by atoms with van der Waals surface area (Å²) < 4.78 is 1.92. The van der Waals surface area contributed by atoms with Gasteiger partial charge in [0.05, 0.1) is 0 Å². The largest absolute Gasteiger partial charge is 0.355 e. The number of fused-ring (bicyclic) bond motifs is 1. The minimum absolute atomic E-state index is 0.634. The Bertz CT molecular complexity index is 903. The number of anilines is 2. The highest BCUT2D eigenvalue weighted by Crippen LogP contribution is 2.36. The predicted octanol–water partition coefficient (Wildman–Crippen LogP) is 1.90. The smallest absolute Gasteiger partial charge is 0.203 e. The van der Waals surface area contributed by atoms with Gasteiger partial charge in [0.1, 0.15) is 18.5 Å². The lowest BCUT2D eigenvalue weighted by Gasteiger charge is -2.27. The Morgan fingerprint density at radius 2 is 1.81 bits per heavy atom. The molecule has 0 N–H and O–H groups in total. The Morgan fingerprint density at radius 3 is 2.69 bits per heavy atom. The molecule has 0 unspecified atom stereocenters. The highest BCUT2D eigenvalue weighted by atomic mass is 15.3. The zero-order chi connectivity index (χ0) is 17.3. The maximum absolute atomic E-state index is 4.56. The van der Waals surface area contributed by atoms with E-state index in [1.54, 1.807) is 12.7 Å². The van der Waals surface area contributed by atoms with Crippen molar-refractivity contribution in [3.63, 3.8) is 0 Å². The van der Waals surface area contributed by atoms with E-state index in [2.05, 4.69) is 41.0 Å². The van der Waals surface area contributed by atoms with Crippen LogP contribution in [-0.4, -0.2) is 55.7 Å². The third-order valence-electron chi connectivity index (χ3n) is 5.51. The average Bonchev–Trinajstić information content (AvgIpc) is 2.97. The number of hydrogen-bond donors (Lipinski definition) is 0. The minimum Gasteiger partial charge on any atom is -0.355 e. The lowest BCUT2D eigenvalue weighted by atomic mass is 9.83. The number of nitrogens with zero attached hydrogens (tertiary/aromatic N) is 8. The summed E-state index contributed by atoms with van der Waals surface area (Å²) in [6, 6.07) is 2.19. The molecular weight excluding hydrogens is 328 g/mol. The molecule has 2 fully saturated rings. The van der Waals surface area contributed by atoms with E-state index in [0.717, 1.165) is 49.9 Å². The van der Waals surface area contributed by atoms with E-state index in [-0.39, 0.29) is 0 Å². The van der Waals surface area contributed by atoms with Gasteiger partial charge in [-0.2, -0.15) is 0 Å². The van der Waals surface area contributed by atoms with Crippen molar-refractivity contribution in [1.82, 2.24) is 29.5 Å². The molecule has 8 nitrogen and oxygen atoms in total. The van der Waals surface area contributed by atoms with E-state index in [4.69, 9.17) is 0 Å². The summed E-state index contributed by atoms with van der Waals surface area (Å²) >= 11 is 0. The van der Waals surface area contributed by atoms with E-state index in [1.807, 2.05) is 16.8 Å². The molecule has 8 heteroatoms. The summed E-state index contributed by atoms with van der Waals surface area (Å²) in [7, 11) is 0. The highest BCUT2D eigenvalue weighted by Gasteiger charge is 2.23. The van der Waals surface area contributed by atoms with E-state index >= 15 is 0 Å². The van der Waals surface area contributed by atoms with Crippen LogP contribution < -0.4 is 9.80 Å². The highest BCUT2D eigenvalue weighted by molar-refractivity contribution is 5.63. The van der Waals surface area contributed by atoms with Gasteiger partial charge >= 0.3 is 0 Å². The number of hydrogen-bond acceptors (Lipinski definition) is 7. The predicted molar refractivity (Wildman–Crippen MR) is 98.4 cm³/mol. The van der Waals surface area contributed by atoms with Gasteiger partial charge in [-0.1, -0.05) is 6.42 Å². The second-order valence-electron chi connectivity index (χ2n) is 7.07. The van der Waals surface area contributed by atoms with Gasteiger partial charge in [-0.25, -0.2) is 15.0 Å². The lowest BCUT2D eigenvalue weighted by molar-refractivity contribution is 0.410. The summed E-state index contributed by atoms with van der Waals surface area (Å²) in [5, 5.41) is 8.22. The van der Waals surface area contributed by atoms with Crippen molar-refractivity contribution in [3.05, 3.63) is 36.8 Å². The monoisotopic (exact) mass is 350 g/mol. The van der Waals surface area contributed by atoms with Crippen molar-refractivity contribution in [2.45, 2.75) is 31.6 Å². The molecule has 5 rings (SSSR count). The van der Waals surface area contributed by atoms with E-state index in [9.17, 15) is 0 Å². The molecule has 0 bridgehead atoms. The van der Waals surface area contributed by atoms with Gasteiger partial charge < -0.3 is 9.80 Å². The molecule has 3 aromatic rings. The standard InChI is InChI=1S/C18H22N8/c1-3-14(4-1)15-11-16(21-12-20-15)24-6-2-7-25(10-9-24)17-18-23-22-13-26(18)8-5-19-17/h5,8,11-14H,1-4,6-7,9-10H2. The summed E-state index contributed by atoms with van der Waals surface area (Å²) in [5.41, 5.74) is 2.02. The molecule has 0 atom stereocenters. The van der Waals surface area contributed by atoms with Crippen molar-refractivity contribution in [2.24, 2.45) is 0 Å². The average molecular weight is 350 g/mol. The second-order valence-corrected chi connectivity index (χ2v) is 7.07. The quantitative estimate of drug-likeness (QED) is 0.714.